The van der Waals surface area contributed by atoms with Crippen molar-refractivity contribution in [2.45, 2.75) is 56.6 Å². The van der Waals surface area contributed by atoms with Crippen molar-refractivity contribution in [1.82, 2.24) is 10.2 Å². The van der Waals surface area contributed by atoms with Crippen LogP contribution in [0.1, 0.15) is 51.9 Å². The highest BCUT2D eigenvalue weighted by Crippen LogP contribution is 2.42. The van der Waals surface area contributed by atoms with Gasteiger partial charge < -0.3 is 10.2 Å². The molecule has 0 aromatic heterocycles. The summed E-state index contributed by atoms with van der Waals surface area (Å²) in [4.78, 5) is 7.45. The van der Waals surface area contributed by atoms with Crippen LogP contribution < -0.4 is 5.32 Å². The Morgan fingerprint density at radius 3 is 2.80 bits per heavy atom. The molecule has 3 nitrogen and oxygen atoms in total. The molecule has 3 aliphatic rings. The predicted octanol–water partition coefficient (Wildman–Crippen LogP) is 3.11. The number of nitrogens with one attached hydrogen (secondary N) is 1. The van der Waals surface area contributed by atoms with Crippen LogP contribution in [0.15, 0.2) is 4.99 Å². The maximum Gasteiger partial charge on any atom is 0.193 e. The van der Waals surface area contributed by atoms with Gasteiger partial charge in [0.15, 0.2) is 5.96 Å². The third-order valence-electron chi connectivity index (χ3n) is 4.84. The maximum atomic E-state index is 4.90. The molecule has 1 N–H and O–H groups in total. The van der Waals surface area contributed by atoms with Gasteiger partial charge in [0.25, 0.3) is 0 Å². The summed E-state index contributed by atoms with van der Waals surface area (Å²) in [7, 11) is 0. The average Bonchev–Trinajstić information content (AvgIpc) is 3.28. The van der Waals surface area contributed by atoms with E-state index in [-0.39, 0.29) is 0 Å². The normalized spacial score (nSPS) is 26.9. The lowest BCUT2D eigenvalue weighted by atomic mass is 9.87. The smallest absolute Gasteiger partial charge is 0.193 e. The van der Waals surface area contributed by atoms with E-state index in [4.69, 9.17) is 4.99 Å². The molecule has 0 aromatic rings. The molecule has 0 atom stereocenters. The Morgan fingerprint density at radius 1 is 1.30 bits per heavy atom. The van der Waals surface area contributed by atoms with Crippen LogP contribution in [-0.2, 0) is 0 Å². The zero-order valence-electron chi connectivity index (χ0n) is 12.9. The second-order valence-corrected chi connectivity index (χ2v) is 8.21. The van der Waals surface area contributed by atoms with E-state index >= 15 is 0 Å². The van der Waals surface area contributed by atoms with Gasteiger partial charge in [-0.05, 0) is 38.5 Å². The van der Waals surface area contributed by atoms with Crippen molar-refractivity contribution < 1.29 is 0 Å². The average molecular weight is 295 g/mol. The zero-order chi connectivity index (χ0) is 13.8. The van der Waals surface area contributed by atoms with Crippen LogP contribution in [0, 0.1) is 5.92 Å². The van der Waals surface area contributed by atoms with Crippen molar-refractivity contribution >= 4 is 17.7 Å². The Labute approximate surface area is 128 Å². The first-order valence-corrected chi connectivity index (χ1v) is 9.47. The molecule has 1 heterocycles. The molecule has 0 radical (unpaired) electrons. The summed E-state index contributed by atoms with van der Waals surface area (Å²) < 4.78 is 0.534. The zero-order valence-corrected chi connectivity index (χ0v) is 13.7. The van der Waals surface area contributed by atoms with Gasteiger partial charge in [0.1, 0.15) is 0 Å². The number of guanidine groups is 1. The van der Waals surface area contributed by atoms with E-state index in [2.05, 4.69) is 28.9 Å². The van der Waals surface area contributed by atoms with Crippen LogP contribution in [0.4, 0.5) is 0 Å². The van der Waals surface area contributed by atoms with E-state index in [1.165, 1.54) is 69.7 Å². The van der Waals surface area contributed by atoms with Gasteiger partial charge in [-0.2, -0.15) is 11.8 Å². The lowest BCUT2D eigenvalue weighted by Crippen LogP contribution is -2.53. The van der Waals surface area contributed by atoms with E-state index in [1.807, 2.05) is 0 Å². The Bertz CT molecular complexity index is 340. The van der Waals surface area contributed by atoms with Gasteiger partial charge in [0.2, 0.25) is 0 Å². The lowest BCUT2D eigenvalue weighted by molar-refractivity contribution is 0.293. The van der Waals surface area contributed by atoms with Crippen LogP contribution in [0.25, 0.3) is 0 Å². The maximum absolute atomic E-state index is 4.90. The van der Waals surface area contributed by atoms with Gasteiger partial charge in [0.05, 0.1) is 0 Å². The minimum Gasteiger partial charge on any atom is -0.357 e. The molecule has 1 saturated heterocycles. The van der Waals surface area contributed by atoms with E-state index in [0.717, 1.165) is 19.0 Å². The van der Waals surface area contributed by atoms with Crippen molar-refractivity contribution in [1.29, 1.82) is 0 Å². The van der Waals surface area contributed by atoms with Crippen molar-refractivity contribution in [3.63, 3.8) is 0 Å². The van der Waals surface area contributed by atoms with Crippen LogP contribution in [0.5, 0.6) is 0 Å². The third-order valence-corrected chi connectivity index (χ3v) is 6.38. The molecule has 0 bridgehead atoms. The summed E-state index contributed by atoms with van der Waals surface area (Å²) in [6.45, 7) is 6.60. The number of hydrogen-bond donors (Lipinski definition) is 1. The lowest BCUT2D eigenvalue weighted by Gasteiger charge is -2.45. The van der Waals surface area contributed by atoms with Crippen LogP contribution in [-0.4, -0.2) is 47.5 Å². The summed E-state index contributed by atoms with van der Waals surface area (Å²) in [6, 6.07) is 0. The second kappa shape index (κ2) is 6.59. The molecule has 114 valence electrons. The number of aliphatic imine (C=N–C) groups is 1. The third kappa shape index (κ3) is 3.63. The molecule has 0 unspecified atom stereocenters. The molecular weight excluding hydrogens is 266 g/mol. The minimum absolute atomic E-state index is 0.534. The van der Waals surface area contributed by atoms with Gasteiger partial charge in [-0.3, -0.25) is 4.99 Å². The standard InChI is InChI=1S/C16H29N3S/c1-2-17-15(18-12-14-6-7-14)19-10-11-20-16(13-19)8-4-3-5-9-16/h14H,2-13H2,1H3,(H,17,18). The molecule has 3 fully saturated rings. The molecule has 1 spiro atoms. The number of nitrogens with zero attached hydrogens (tertiary/aromatic N) is 2. The van der Waals surface area contributed by atoms with E-state index in [1.54, 1.807) is 0 Å². The van der Waals surface area contributed by atoms with Gasteiger partial charge in [0, 0.05) is 36.7 Å². The highest BCUT2D eigenvalue weighted by atomic mass is 32.2. The van der Waals surface area contributed by atoms with Crippen molar-refractivity contribution in [3.8, 4) is 0 Å². The van der Waals surface area contributed by atoms with Gasteiger partial charge in [-0.1, -0.05) is 19.3 Å². The quantitative estimate of drug-likeness (QED) is 0.640. The number of thioether (sulfide) groups is 1. The van der Waals surface area contributed by atoms with Gasteiger partial charge in [-0.15, -0.1) is 0 Å². The SMILES string of the molecule is CCNC(=NCC1CC1)N1CCSC2(CCCCC2)C1. The summed E-state index contributed by atoms with van der Waals surface area (Å²) in [5.41, 5.74) is 0. The van der Waals surface area contributed by atoms with Crippen LogP contribution in [0.2, 0.25) is 0 Å². The molecule has 0 amide bonds. The second-order valence-electron chi connectivity index (χ2n) is 6.65. The van der Waals surface area contributed by atoms with Crippen molar-refractivity contribution in [2.24, 2.45) is 10.9 Å². The fraction of sp³-hybridized carbons (Fsp3) is 0.938. The monoisotopic (exact) mass is 295 g/mol. The first-order valence-electron chi connectivity index (χ1n) is 8.48. The molecule has 4 heteroatoms. The topological polar surface area (TPSA) is 27.6 Å². The summed E-state index contributed by atoms with van der Waals surface area (Å²) in [6.07, 6.45) is 9.91. The first kappa shape index (κ1) is 14.6. The van der Waals surface area contributed by atoms with E-state index in [0.29, 0.717) is 4.75 Å². The minimum atomic E-state index is 0.534. The van der Waals surface area contributed by atoms with Crippen LogP contribution >= 0.6 is 11.8 Å². The van der Waals surface area contributed by atoms with E-state index < -0.39 is 0 Å². The Kier molecular flexibility index (Phi) is 4.79. The van der Waals surface area contributed by atoms with Gasteiger partial charge >= 0.3 is 0 Å². The Hall–Kier alpha value is -0.380. The van der Waals surface area contributed by atoms with Crippen LogP contribution in [0.3, 0.4) is 0 Å². The fourth-order valence-electron chi connectivity index (χ4n) is 3.47. The fourth-order valence-corrected chi connectivity index (χ4v) is 5.04. The molecular formula is C16H29N3S. The summed E-state index contributed by atoms with van der Waals surface area (Å²) in [5, 5.41) is 3.52. The van der Waals surface area contributed by atoms with Crippen molar-refractivity contribution in [2.75, 3.05) is 31.9 Å². The summed E-state index contributed by atoms with van der Waals surface area (Å²) >= 11 is 2.24. The van der Waals surface area contributed by atoms with Crippen molar-refractivity contribution in [3.05, 3.63) is 0 Å². The van der Waals surface area contributed by atoms with E-state index in [9.17, 15) is 0 Å². The molecule has 20 heavy (non-hydrogen) atoms. The molecule has 0 aromatic carbocycles. The first-order chi connectivity index (χ1) is 9.81. The molecule has 2 saturated carbocycles. The Balaban J connectivity index is 1.64. The molecule has 3 rings (SSSR count). The molecule has 1 aliphatic heterocycles. The van der Waals surface area contributed by atoms with Gasteiger partial charge in [-0.25, -0.2) is 0 Å². The number of hydrogen-bond acceptors (Lipinski definition) is 2. The molecule has 2 aliphatic carbocycles. The predicted molar refractivity (Wildman–Crippen MR) is 88.5 cm³/mol. The summed E-state index contributed by atoms with van der Waals surface area (Å²) in [5.74, 6) is 3.34. The highest BCUT2D eigenvalue weighted by molar-refractivity contribution is 8.00. The largest absolute Gasteiger partial charge is 0.357 e. The highest BCUT2D eigenvalue weighted by Gasteiger charge is 2.38. The number of rotatable bonds is 3. The Morgan fingerprint density at radius 2 is 2.10 bits per heavy atom.